The largest absolute Gasteiger partial charge is 0.456 e. The van der Waals surface area contributed by atoms with Crippen molar-refractivity contribution in [3.05, 3.63) is 90.0 Å². The number of nitrogens with one attached hydrogen (secondary N) is 1. The summed E-state index contributed by atoms with van der Waals surface area (Å²) in [5.41, 5.74) is 1.21. The zero-order valence-electron chi connectivity index (χ0n) is 15.7. The van der Waals surface area contributed by atoms with Crippen molar-refractivity contribution in [1.29, 1.82) is 5.26 Å². The molecule has 0 spiro atoms. The predicted molar refractivity (Wildman–Crippen MR) is 108 cm³/mol. The molecule has 0 unspecified atom stereocenters. The Morgan fingerprint density at radius 3 is 2.28 bits per heavy atom. The Bertz CT molecular complexity index is 1040. The number of hydrogen-bond acceptors (Lipinski definition) is 5. The van der Waals surface area contributed by atoms with Crippen LogP contribution in [0, 0.1) is 11.3 Å². The number of nitriles is 1. The Labute approximate surface area is 168 Å². The van der Waals surface area contributed by atoms with E-state index >= 15 is 0 Å². The number of anilines is 1. The number of carbonyl (C=O) groups is 2. The molecule has 3 rings (SSSR count). The molecule has 0 aliphatic rings. The normalized spacial score (nSPS) is 11.0. The number of amides is 1. The first-order valence-corrected chi connectivity index (χ1v) is 8.91. The first-order chi connectivity index (χ1) is 14.1. The lowest BCUT2D eigenvalue weighted by molar-refractivity contribution is -0.123. The van der Waals surface area contributed by atoms with Crippen LogP contribution in [0.1, 0.15) is 22.8 Å². The maximum absolute atomic E-state index is 12.6. The third-order valence-electron chi connectivity index (χ3n) is 4.01. The van der Waals surface area contributed by atoms with Crippen molar-refractivity contribution in [3.8, 4) is 17.6 Å². The summed E-state index contributed by atoms with van der Waals surface area (Å²) in [6.07, 6.45) is -1.03. The number of benzene rings is 3. The van der Waals surface area contributed by atoms with Crippen molar-refractivity contribution in [1.82, 2.24) is 0 Å². The van der Waals surface area contributed by atoms with Crippen LogP contribution in [-0.4, -0.2) is 18.0 Å². The van der Waals surface area contributed by atoms with Crippen LogP contribution in [0.2, 0.25) is 0 Å². The molecule has 1 atom stereocenters. The fourth-order valence-electron chi connectivity index (χ4n) is 2.49. The third kappa shape index (κ3) is 5.21. The molecule has 0 bridgehead atoms. The van der Waals surface area contributed by atoms with Gasteiger partial charge in [-0.25, -0.2) is 4.79 Å². The summed E-state index contributed by atoms with van der Waals surface area (Å²) in [5, 5.41) is 11.5. The Hall–Kier alpha value is -4.11. The van der Waals surface area contributed by atoms with E-state index in [2.05, 4.69) is 5.32 Å². The van der Waals surface area contributed by atoms with Gasteiger partial charge in [-0.05, 0) is 55.5 Å². The average molecular weight is 386 g/mol. The van der Waals surface area contributed by atoms with E-state index < -0.39 is 18.0 Å². The fraction of sp³-hybridized carbons (Fsp3) is 0.0870. The number of carbonyl (C=O) groups excluding carboxylic acids is 2. The maximum atomic E-state index is 12.6. The Morgan fingerprint density at radius 2 is 1.59 bits per heavy atom. The third-order valence-corrected chi connectivity index (χ3v) is 4.01. The minimum absolute atomic E-state index is 0.217. The van der Waals surface area contributed by atoms with Crippen molar-refractivity contribution < 1.29 is 19.1 Å². The Balaban J connectivity index is 1.66. The zero-order valence-corrected chi connectivity index (χ0v) is 15.7. The van der Waals surface area contributed by atoms with Gasteiger partial charge >= 0.3 is 5.97 Å². The lowest BCUT2D eigenvalue weighted by atomic mass is 10.2. The van der Waals surface area contributed by atoms with Crippen LogP contribution in [0.3, 0.4) is 0 Å². The topological polar surface area (TPSA) is 88.4 Å². The summed E-state index contributed by atoms with van der Waals surface area (Å²) < 4.78 is 11.1. The second-order valence-electron chi connectivity index (χ2n) is 6.14. The summed E-state index contributed by atoms with van der Waals surface area (Å²) in [7, 11) is 0. The van der Waals surface area contributed by atoms with Gasteiger partial charge in [0.1, 0.15) is 17.1 Å². The molecule has 0 fully saturated rings. The van der Waals surface area contributed by atoms with Crippen LogP contribution in [-0.2, 0) is 9.53 Å². The number of hydrogen-bond donors (Lipinski definition) is 1. The smallest absolute Gasteiger partial charge is 0.342 e. The van der Waals surface area contributed by atoms with Gasteiger partial charge in [-0.1, -0.05) is 30.3 Å². The molecule has 0 aliphatic heterocycles. The molecular formula is C23H18N2O4. The van der Waals surface area contributed by atoms with E-state index in [1.165, 1.54) is 6.92 Å². The fourth-order valence-corrected chi connectivity index (χ4v) is 2.49. The van der Waals surface area contributed by atoms with Gasteiger partial charge in [-0.3, -0.25) is 4.79 Å². The van der Waals surface area contributed by atoms with Crippen molar-refractivity contribution >= 4 is 17.6 Å². The highest BCUT2D eigenvalue weighted by Crippen LogP contribution is 2.26. The van der Waals surface area contributed by atoms with Gasteiger partial charge in [0.15, 0.2) is 6.10 Å². The lowest BCUT2D eigenvalue weighted by Crippen LogP contribution is -2.30. The second kappa shape index (κ2) is 9.20. The van der Waals surface area contributed by atoms with Crippen LogP contribution in [0.4, 0.5) is 5.69 Å². The first kappa shape index (κ1) is 19.6. The summed E-state index contributed by atoms with van der Waals surface area (Å²) in [6, 6.07) is 24.1. The molecule has 0 saturated carbocycles. The molecule has 6 nitrogen and oxygen atoms in total. The number of esters is 1. The van der Waals surface area contributed by atoms with Gasteiger partial charge < -0.3 is 14.8 Å². The van der Waals surface area contributed by atoms with Crippen LogP contribution in [0.5, 0.6) is 11.5 Å². The standard InChI is InChI=1S/C23H18N2O4/c1-16(22(26)25-18-13-11-17(15-24)12-14-18)28-23(27)20-9-5-6-10-21(20)29-19-7-3-2-4-8-19/h2-14,16H,1H3,(H,25,26)/t16-/m1/s1. The Kier molecular flexibility index (Phi) is 6.23. The number of nitrogens with zero attached hydrogens (tertiary/aromatic N) is 1. The predicted octanol–water partition coefficient (Wildman–Crippen LogP) is 4.53. The number of ether oxygens (including phenoxy) is 2. The van der Waals surface area contributed by atoms with Gasteiger partial charge in [0.2, 0.25) is 0 Å². The second-order valence-corrected chi connectivity index (χ2v) is 6.14. The number of para-hydroxylation sites is 2. The molecular weight excluding hydrogens is 368 g/mol. The molecule has 1 N–H and O–H groups in total. The molecule has 0 heterocycles. The van der Waals surface area contributed by atoms with Gasteiger partial charge in [0, 0.05) is 5.69 Å². The Morgan fingerprint density at radius 1 is 0.931 bits per heavy atom. The lowest BCUT2D eigenvalue weighted by Gasteiger charge is -2.15. The molecule has 3 aromatic rings. The minimum Gasteiger partial charge on any atom is -0.456 e. The molecule has 0 aliphatic carbocycles. The molecule has 6 heteroatoms. The SMILES string of the molecule is C[C@@H](OC(=O)c1ccccc1Oc1ccccc1)C(=O)Nc1ccc(C#N)cc1. The van der Waals surface area contributed by atoms with E-state index in [0.717, 1.165) is 0 Å². The highest BCUT2D eigenvalue weighted by molar-refractivity contribution is 5.98. The monoisotopic (exact) mass is 386 g/mol. The van der Waals surface area contributed by atoms with E-state index in [1.807, 2.05) is 24.3 Å². The van der Waals surface area contributed by atoms with Crippen LogP contribution in [0.15, 0.2) is 78.9 Å². The maximum Gasteiger partial charge on any atom is 0.342 e. The summed E-state index contributed by atoms with van der Waals surface area (Å²) >= 11 is 0. The molecule has 0 aromatic heterocycles. The van der Waals surface area contributed by atoms with E-state index in [0.29, 0.717) is 22.7 Å². The zero-order chi connectivity index (χ0) is 20.6. The molecule has 29 heavy (non-hydrogen) atoms. The molecule has 1 amide bonds. The van der Waals surface area contributed by atoms with E-state index in [9.17, 15) is 9.59 Å². The van der Waals surface area contributed by atoms with Gasteiger partial charge in [-0.15, -0.1) is 0 Å². The highest BCUT2D eigenvalue weighted by Gasteiger charge is 2.21. The quantitative estimate of drug-likeness (QED) is 0.629. The minimum atomic E-state index is -1.03. The molecule has 0 saturated heterocycles. The van der Waals surface area contributed by atoms with E-state index in [-0.39, 0.29) is 5.56 Å². The number of rotatable bonds is 6. The van der Waals surface area contributed by atoms with Crippen molar-refractivity contribution in [2.45, 2.75) is 13.0 Å². The molecule has 144 valence electrons. The van der Waals surface area contributed by atoms with Crippen molar-refractivity contribution in [2.75, 3.05) is 5.32 Å². The van der Waals surface area contributed by atoms with Crippen LogP contribution in [0.25, 0.3) is 0 Å². The van der Waals surface area contributed by atoms with E-state index in [4.69, 9.17) is 14.7 Å². The summed E-state index contributed by atoms with van der Waals surface area (Å²) in [4.78, 5) is 24.9. The van der Waals surface area contributed by atoms with E-state index in [1.54, 1.807) is 60.7 Å². The van der Waals surface area contributed by atoms with Gasteiger partial charge in [-0.2, -0.15) is 5.26 Å². The van der Waals surface area contributed by atoms with Crippen molar-refractivity contribution in [2.24, 2.45) is 0 Å². The first-order valence-electron chi connectivity index (χ1n) is 8.91. The van der Waals surface area contributed by atoms with Gasteiger partial charge in [0.05, 0.1) is 11.6 Å². The van der Waals surface area contributed by atoms with Crippen molar-refractivity contribution in [3.63, 3.8) is 0 Å². The highest BCUT2D eigenvalue weighted by atomic mass is 16.5. The molecule has 3 aromatic carbocycles. The summed E-state index contributed by atoms with van der Waals surface area (Å²) in [5.74, 6) is -0.230. The van der Waals surface area contributed by atoms with Crippen LogP contribution < -0.4 is 10.1 Å². The van der Waals surface area contributed by atoms with Crippen LogP contribution >= 0.6 is 0 Å². The average Bonchev–Trinajstić information content (AvgIpc) is 2.75. The summed E-state index contributed by atoms with van der Waals surface area (Å²) in [6.45, 7) is 1.48. The molecule has 0 radical (unpaired) electrons. The van der Waals surface area contributed by atoms with Gasteiger partial charge in [0.25, 0.3) is 5.91 Å².